The molecule has 0 amide bonds. The Kier molecular flexibility index (Phi) is 2.05. The maximum Gasteiger partial charge on any atom is 0.270 e. The molecule has 0 aliphatic rings. The number of nitro benzene ring substituents is 1. The number of fused-ring (bicyclic) bond motifs is 1. The Bertz CT molecular complexity index is 513. The van der Waals surface area contributed by atoms with Crippen molar-refractivity contribution in [3.8, 4) is 0 Å². The average molecular weight is 209 g/mol. The summed E-state index contributed by atoms with van der Waals surface area (Å²) in [5.74, 6) is 0. The number of nitro groups is 1. The van der Waals surface area contributed by atoms with Gasteiger partial charge in [-0.1, -0.05) is 11.6 Å². The molecule has 0 atom stereocenters. The van der Waals surface area contributed by atoms with E-state index in [4.69, 9.17) is 11.6 Å². The van der Waals surface area contributed by atoms with Gasteiger partial charge in [0.2, 0.25) is 0 Å². The molecule has 70 valence electrons. The van der Waals surface area contributed by atoms with Gasteiger partial charge in [0.15, 0.2) is 0 Å². The van der Waals surface area contributed by atoms with E-state index in [1.54, 1.807) is 12.1 Å². The predicted octanol–water partition coefficient (Wildman–Crippen LogP) is 2.80. The van der Waals surface area contributed by atoms with Crippen LogP contribution in [-0.2, 0) is 0 Å². The molecule has 0 aliphatic heterocycles. The molecular weight excluding hydrogens is 204 g/mol. The molecule has 2 aromatic rings. The van der Waals surface area contributed by atoms with E-state index in [1.165, 1.54) is 18.3 Å². The summed E-state index contributed by atoms with van der Waals surface area (Å²) in [4.78, 5) is 13.9. The molecule has 5 heteroatoms. The Morgan fingerprint density at radius 2 is 2.14 bits per heavy atom. The summed E-state index contributed by atoms with van der Waals surface area (Å²) in [5.41, 5.74) is 0.0553. The van der Waals surface area contributed by atoms with Crippen LogP contribution in [-0.4, -0.2) is 9.91 Å². The minimum atomic E-state index is -0.437. The lowest BCUT2D eigenvalue weighted by Crippen LogP contribution is -1.87. The molecule has 1 aromatic carbocycles. The molecule has 0 bridgehead atoms. The maximum absolute atomic E-state index is 10.5. The second-order valence-corrected chi connectivity index (χ2v) is 3.12. The normalized spacial score (nSPS) is 10.4. The smallest absolute Gasteiger partial charge is 0.258 e. The summed E-state index contributed by atoms with van der Waals surface area (Å²) in [5, 5.41) is 12.3. The van der Waals surface area contributed by atoms with Crippen molar-refractivity contribution in [2.75, 3.05) is 0 Å². The van der Waals surface area contributed by atoms with Crippen LogP contribution >= 0.6 is 11.6 Å². The second-order valence-electron chi connectivity index (χ2n) is 2.76. The van der Waals surface area contributed by atoms with Crippen molar-refractivity contribution in [2.24, 2.45) is 0 Å². The maximum atomic E-state index is 10.5. The highest BCUT2D eigenvalue weighted by Crippen LogP contribution is 2.24. The first-order chi connectivity index (χ1) is 6.68. The highest BCUT2D eigenvalue weighted by Gasteiger charge is 2.07. The number of pyridine rings is 1. The predicted molar refractivity (Wildman–Crippen MR) is 53.4 cm³/mol. The van der Waals surface area contributed by atoms with Gasteiger partial charge in [-0.3, -0.25) is 10.1 Å². The molecule has 2 rings (SSSR count). The number of benzene rings is 1. The lowest BCUT2D eigenvalue weighted by atomic mass is 10.1. The van der Waals surface area contributed by atoms with Gasteiger partial charge < -0.3 is 0 Å². The van der Waals surface area contributed by atoms with Crippen molar-refractivity contribution >= 4 is 28.1 Å². The number of non-ortho nitro benzene ring substituents is 1. The largest absolute Gasteiger partial charge is 0.270 e. The molecule has 0 saturated carbocycles. The SMILES string of the molecule is O=[N+]([O-])c1ccc2c(Cl)nccc2c1. The molecule has 0 radical (unpaired) electrons. The van der Waals surface area contributed by atoms with E-state index in [1.807, 2.05) is 0 Å². The first kappa shape index (κ1) is 8.90. The molecule has 0 saturated heterocycles. The fraction of sp³-hybridized carbons (Fsp3) is 0. The van der Waals surface area contributed by atoms with Crippen molar-refractivity contribution in [2.45, 2.75) is 0 Å². The second kappa shape index (κ2) is 3.23. The van der Waals surface area contributed by atoms with Crippen molar-refractivity contribution in [1.82, 2.24) is 4.98 Å². The van der Waals surface area contributed by atoms with E-state index < -0.39 is 4.92 Å². The van der Waals surface area contributed by atoms with Crippen LogP contribution in [0.25, 0.3) is 10.8 Å². The van der Waals surface area contributed by atoms with Gasteiger partial charge in [0.05, 0.1) is 4.92 Å². The number of nitrogens with zero attached hydrogens (tertiary/aromatic N) is 2. The van der Waals surface area contributed by atoms with Gasteiger partial charge in [-0.2, -0.15) is 0 Å². The molecule has 0 fully saturated rings. The fourth-order valence-electron chi connectivity index (χ4n) is 1.24. The van der Waals surface area contributed by atoms with Crippen LogP contribution in [0.5, 0.6) is 0 Å². The summed E-state index contributed by atoms with van der Waals surface area (Å²) in [7, 11) is 0. The van der Waals surface area contributed by atoms with Crippen LogP contribution in [0.3, 0.4) is 0 Å². The van der Waals surface area contributed by atoms with Gasteiger partial charge >= 0.3 is 0 Å². The van der Waals surface area contributed by atoms with E-state index in [2.05, 4.69) is 4.98 Å². The van der Waals surface area contributed by atoms with Gasteiger partial charge in [0, 0.05) is 23.7 Å². The number of halogens is 1. The van der Waals surface area contributed by atoms with Crippen LogP contribution in [0.4, 0.5) is 5.69 Å². The molecule has 0 unspecified atom stereocenters. The zero-order valence-corrected chi connectivity index (χ0v) is 7.73. The highest BCUT2D eigenvalue weighted by atomic mass is 35.5. The topological polar surface area (TPSA) is 56.0 Å². The zero-order valence-electron chi connectivity index (χ0n) is 6.98. The van der Waals surface area contributed by atoms with Gasteiger partial charge in [-0.05, 0) is 17.5 Å². The van der Waals surface area contributed by atoms with E-state index in [0.29, 0.717) is 5.15 Å². The number of aromatic nitrogens is 1. The Hall–Kier alpha value is -1.68. The number of hydrogen-bond acceptors (Lipinski definition) is 3. The highest BCUT2D eigenvalue weighted by molar-refractivity contribution is 6.34. The number of hydrogen-bond donors (Lipinski definition) is 0. The van der Waals surface area contributed by atoms with Crippen LogP contribution in [0.2, 0.25) is 5.15 Å². The molecule has 1 aromatic heterocycles. The van der Waals surface area contributed by atoms with Gasteiger partial charge in [0.25, 0.3) is 5.69 Å². The third kappa shape index (κ3) is 1.40. The summed E-state index contributed by atoms with van der Waals surface area (Å²) >= 11 is 5.81. The zero-order chi connectivity index (χ0) is 10.1. The molecule has 4 nitrogen and oxygen atoms in total. The van der Waals surface area contributed by atoms with Crippen LogP contribution in [0, 0.1) is 10.1 Å². The fourth-order valence-corrected chi connectivity index (χ4v) is 1.47. The van der Waals surface area contributed by atoms with Crippen LogP contribution in [0.15, 0.2) is 30.5 Å². The summed E-state index contributed by atoms with van der Waals surface area (Å²) in [6.45, 7) is 0. The molecule has 14 heavy (non-hydrogen) atoms. The Labute approximate surface area is 84.3 Å². The Morgan fingerprint density at radius 1 is 1.36 bits per heavy atom. The third-order valence-electron chi connectivity index (χ3n) is 1.91. The quantitative estimate of drug-likeness (QED) is 0.411. The van der Waals surface area contributed by atoms with E-state index in [0.717, 1.165) is 10.8 Å². The van der Waals surface area contributed by atoms with E-state index in [-0.39, 0.29) is 5.69 Å². The first-order valence-corrected chi connectivity index (χ1v) is 4.25. The minimum absolute atomic E-state index is 0.0553. The van der Waals surface area contributed by atoms with Crippen molar-refractivity contribution in [1.29, 1.82) is 0 Å². The molecule has 0 aliphatic carbocycles. The lowest BCUT2D eigenvalue weighted by Gasteiger charge is -1.98. The van der Waals surface area contributed by atoms with E-state index in [9.17, 15) is 10.1 Å². The third-order valence-corrected chi connectivity index (χ3v) is 2.21. The van der Waals surface area contributed by atoms with Gasteiger partial charge in [0.1, 0.15) is 5.15 Å². The lowest BCUT2D eigenvalue weighted by molar-refractivity contribution is -0.384. The summed E-state index contributed by atoms with van der Waals surface area (Å²) in [6.07, 6.45) is 1.52. The summed E-state index contributed by atoms with van der Waals surface area (Å²) < 4.78 is 0. The van der Waals surface area contributed by atoms with Gasteiger partial charge in [-0.25, -0.2) is 4.98 Å². The van der Waals surface area contributed by atoms with Crippen LogP contribution in [0.1, 0.15) is 0 Å². The monoisotopic (exact) mass is 208 g/mol. The molecule has 1 heterocycles. The summed E-state index contributed by atoms with van der Waals surface area (Å²) in [6, 6.07) is 6.18. The Balaban J connectivity index is 2.73. The van der Waals surface area contributed by atoms with Crippen molar-refractivity contribution < 1.29 is 4.92 Å². The van der Waals surface area contributed by atoms with Crippen molar-refractivity contribution in [3.05, 3.63) is 45.7 Å². The van der Waals surface area contributed by atoms with Crippen LogP contribution < -0.4 is 0 Å². The molecule has 0 N–H and O–H groups in total. The molecule has 0 spiro atoms. The first-order valence-electron chi connectivity index (χ1n) is 3.87. The van der Waals surface area contributed by atoms with E-state index >= 15 is 0 Å². The Morgan fingerprint density at radius 3 is 2.86 bits per heavy atom. The molecular formula is C9H5ClN2O2. The number of rotatable bonds is 1. The minimum Gasteiger partial charge on any atom is -0.258 e. The average Bonchev–Trinajstić information content (AvgIpc) is 2.17. The van der Waals surface area contributed by atoms with Crippen molar-refractivity contribution in [3.63, 3.8) is 0 Å². The standard InChI is InChI=1S/C9H5ClN2O2/c10-9-8-2-1-7(12(13)14)5-6(8)3-4-11-9/h1-5H. The van der Waals surface area contributed by atoms with Gasteiger partial charge in [-0.15, -0.1) is 0 Å².